The lowest BCUT2D eigenvalue weighted by atomic mass is 9.96. The largest absolute Gasteiger partial charge is 0.327 e. The molecule has 0 saturated heterocycles. The van der Waals surface area contributed by atoms with E-state index in [0.29, 0.717) is 5.92 Å². The molecule has 0 aliphatic carbocycles. The van der Waals surface area contributed by atoms with Crippen molar-refractivity contribution in [2.24, 2.45) is 5.73 Å². The zero-order valence-electron chi connectivity index (χ0n) is 11.6. The van der Waals surface area contributed by atoms with Crippen LogP contribution in [-0.2, 0) is 6.42 Å². The quantitative estimate of drug-likeness (QED) is 0.743. The molecule has 2 heteroatoms. The lowest BCUT2D eigenvalue weighted by molar-refractivity contribution is 0.608. The summed E-state index contributed by atoms with van der Waals surface area (Å²) in [6.07, 6.45) is 1.08. The molecule has 0 aromatic heterocycles. The summed E-state index contributed by atoms with van der Waals surface area (Å²) in [7, 11) is 0. The highest BCUT2D eigenvalue weighted by Crippen LogP contribution is 2.18. The van der Waals surface area contributed by atoms with Gasteiger partial charge in [0.2, 0.25) is 0 Å². The average molecular weight is 234 g/mol. The van der Waals surface area contributed by atoms with E-state index in [1.807, 2.05) is 6.92 Å². The van der Waals surface area contributed by atoms with Gasteiger partial charge in [0.1, 0.15) is 0 Å². The number of aryl methyl sites for hydroxylation is 1. The highest BCUT2D eigenvalue weighted by molar-refractivity contribution is 5.32. The van der Waals surface area contributed by atoms with Gasteiger partial charge in [-0.25, -0.2) is 0 Å². The van der Waals surface area contributed by atoms with Gasteiger partial charge in [0.05, 0.1) is 0 Å². The Morgan fingerprint density at radius 3 is 2.53 bits per heavy atom. The summed E-state index contributed by atoms with van der Waals surface area (Å²) in [5.74, 6) is 0.603. The Morgan fingerprint density at radius 1 is 1.24 bits per heavy atom. The maximum Gasteiger partial charge on any atom is 0.0136 e. The van der Waals surface area contributed by atoms with Crippen LogP contribution in [0.2, 0.25) is 0 Å². The van der Waals surface area contributed by atoms with Gasteiger partial charge < -0.3 is 11.1 Å². The molecule has 0 aliphatic rings. The second kappa shape index (κ2) is 6.77. The van der Waals surface area contributed by atoms with E-state index in [0.717, 1.165) is 19.5 Å². The van der Waals surface area contributed by atoms with Crippen molar-refractivity contribution in [2.75, 3.05) is 13.1 Å². The summed E-state index contributed by atoms with van der Waals surface area (Å²) in [4.78, 5) is 0. The Bertz CT molecular complexity index is 343. The van der Waals surface area contributed by atoms with Gasteiger partial charge in [-0.15, -0.1) is 0 Å². The second-order valence-electron chi connectivity index (χ2n) is 5.27. The summed E-state index contributed by atoms with van der Waals surface area (Å²) < 4.78 is 0. The molecule has 0 aliphatic heterocycles. The van der Waals surface area contributed by atoms with Gasteiger partial charge in [-0.3, -0.25) is 0 Å². The highest BCUT2D eigenvalue weighted by atomic mass is 14.9. The van der Waals surface area contributed by atoms with Crippen molar-refractivity contribution in [2.45, 2.75) is 46.1 Å². The summed E-state index contributed by atoms with van der Waals surface area (Å²) in [5, 5.41) is 3.38. The van der Waals surface area contributed by atoms with Crippen LogP contribution in [0, 0.1) is 6.92 Å². The minimum atomic E-state index is 0.234. The molecule has 1 atom stereocenters. The number of rotatable bonds is 6. The minimum absolute atomic E-state index is 0.234. The number of nitrogens with one attached hydrogen (secondary N) is 1. The normalized spacial score (nSPS) is 13.1. The molecule has 1 unspecified atom stereocenters. The van der Waals surface area contributed by atoms with Gasteiger partial charge in [0, 0.05) is 12.6 Å². The van der Waals surface area contributed by atoms with Crippen LogP contribution >= 0.6 is 0 Å². The standard InChI is InChI=1S/C15H26N2/c1-11(2)14-6-5-12(3)15(9-14)7-8-17-10-13(4)16/h5-6,9,11,13,17H,7-8,10,16H2,1-4H3. The maximum absolute atomic E-state index is 5.70. The lowest BCUT2D eigenvalue weighted by Gasteiger charge is -2.12. The first-order valence-electron chi connectivity index (χ1n) is 6.56. The van der Waals surface area contributed by atoms with Crippen molar-refractivity contribution < 1.29 is 0 Å². The van der Waals surface area contributed by atoms with E-state index in [9.17, 15) is 0 Å². The molecule has 1 aromatic carbocycles. The smallest absolute Gasteiger partial charge is 0.0136 e. The SMILES string of the molecule is Cc1ccc(C(C)C)cc1CCNCC(C)N. The van der Waals surface area contributed by atoms with Crippen molar-refractivity contribution in [3.05, 3.63) is 34.9 Å². The van der Waals surface area contributed by atoms with Gasteiger partial charge >= 0.3 is 0 Å². The maximum atomic E-state index is 5.70. The monoisotopic (exact) mass is 234 g/mol. The number of benzene rings is 1. The molecule has 0 heterocycles. The molecule has 3 N–H and O–H groups in total. The molecule has 17 heavy (non-hydrogen) atoms. The number of nitrogens with two attached hydrogens (primary N) is 1. The van der Waals surface area contributed by atoms with E-state index >= 15 is 0 Å². The Morgan fingerprint density at radius 2 is 1.94 bits per heavy atom. The van der Waals surface area contributed by atoms with Crippen molar-refractivity contribution in [1.29, 1.82) is 0 Å². The molecule has 96 valence electrons. The van der Waals surface area contributed by atoms with Gasteiger partial charge in [-0.05, 0) is 49.4 Å². The van der Waals surface area contributed by atoms with Crippen LogP contribution in [0.4, 0.5) is 0 Å². The van der Waals surface area contributed by atoms with Crippen molar-refractivity contribution in [3.8, 4) is 0 Å². The van der Waals surface area contributed by atoms with Crippen molar-refractivity contribution >= 4 is 0 Å². The van der Waals surface area contributed by atoms with E-state index in [-0.39, 0.29) is 6.04 Å². The average Bonchev–Trinajstić information content (AvgIpc) is 2.25. The van der Waals surface area contributed by atoms with Crippen LogP contribution in [-0.4, -0.2) is 19.1 Å². The van der Waals surface area contributed by atoms with Gasteiger partial charge in [0.25, 0.3) is 0 Å². The summed E-state index contributed by atoms with van der Waals surface area (Å²) in [6.45, 7) is 10.6. The van der Waals surface area contributed by atoms with Crippen LogP contribution < -0.4 is 11.1 Å². The van der Waals surface area contributed by atoms with Crippen LogP contribution in [0.15, 0.2) is 18.2 Å². The minimum Gasteiger partial charge on any atom is -0.327 e. The summed E-state index contributed by atoms with van der Waals surface area (Å²) >= 11 is 0. The van der Waals surface area contributed by atoms with Gasteiger partial charge in [0.15, 0.2) is 0 Å². The predicted molar refractivity (Wildman–Crippen MR) is 75.5 cm³/mol. The Balaban J connectivity index is 2.54. The zero-order chi connectivity index (χ0) is 12.8. The molecule has 0 radical (unpaired) electrons. The van der Waals surface area contributed by atoms with E-state index in [4.69, 9.17) is 5.73 Å². The molecule has 0 fully saturated rings. The first kappa shape index (κ1) is 14.2. The third kappa shape index (κ3) is 4.88. The summed E-state index contributed by atoms with van der Waals surface area (Å²) in [6, 6.07) is 7.04. The summed E-state index contributed by atoms with van der Waals surface area (Å²) in [5.41, 5.74) is 9.97. The highest BCUT2D eigenvalue weighted by Gasteiger charge is 2.03. The van der Waals surface area contributed by atoms with Gasteiger partial charge in [-0.1, -0.05) is 32.0 Å². The van der Waals surface area contributed by atoms with Crippen molar-refractivity contribution in [3.63, 3.8) is 0 Å². The number of hydrogen-bond donors (Lipinski definition) is 2. The van der Waals surface area contributed by atoms with Crippen LogP contribution in [0.5, 0.6) is 0 Å². The molecule has 0 amide bonds. The molecule has 0 spiro atoms. The Hall–Kier alpha value is -0.860. The van der Waals surface area contributed by atoms with Crippen molar-refractivity contribution in [1.82, 2.24) is 5.32 Å². The molecular weight excluding hydrogens is 208 g/mol. The third-order valence-corrected chi connectivity index (χ3v) is 3.08. The van der Waals surface area contributed by atoms with E-state index in [1.165, 1.54) is 16.7 Å². The van der Waals surface area contributed by atoms with E-state index < -0.39 is 0 Å². The first-order chi connectivity index (χ1) is 8.00. The Labute approximate surface area is 106 Å². The van der Waals surface area contributed by atoms with E-state index in [1.54, 1.807) is 0 Å². The molecule has 1 aromatic rings. The lowest BCUT2D eigenvalue weighted by Crippen LogP contribution is -2.32. The first-order valence-corrected chi connectivity index (χ1v) is 6.56. The number of hydrogen-bond acceptors (Lipinski definition) is 2. The van der Waals surface area contributed by atoms with Crippen LogP contribution in [0.3, 0.4) is 0 Å². The molecule has 0 saturated carbocycles. The predicted octanol–water partition coefficient (Wildman–Crippen LogP) is 2.60. The molecule has 0 bridgehead atoms. The fraction of sp³-hybridized carbons (Fsp3) is 0.600. The fourth-order valence-electron chi connectivity index (χ4n) is 1.87. The zero-order valence-corrected chi connectivity index (χ0v) is 11.6. The third-order valence-electron chi connectivity index (χ3n) is 3.08. The molecular formula is C15H26N2. The molecule has 2 nitrogen and oxygen atoms in total. The van der Waals surface area contributed by atoms with Gasteiger partial charge in [-0.2, -0.15) is 0 Å². The Kier molecular flexibility index (Phi) is 5.66. The topological polar surface area (TPSA) is 38.0 Å². The molecule has 1 rings (SSSR count). The van der Waals surface area contributed by atoms with E-state index in [2.05, 4.69) is 44.3 Å². The van der Waals surface area contributed by atoms with Crippen LogP contribution in [0.25, 0.3) is 0 Å². The second-order valence-corrected chi connectivity index (χ2v) is 5.27. The van der Waals surface area contributed by atoms with Crippen LogP contribution in [0.1, 0.15) is 43.4 Å². The fourth-order valence-corrected chi connectivity index (χ4v) is 1.87.